The van der Waals surface area contributed by atoms with Gasteiger partial charge in [0, 0.05) is 29.1 Å². The number of nitrogens with zero attached hydrogens (tertiary/aromatic N) is 5. The van der Waals surface area contributed by atoms with Gasteiger partial charge in [-0.25, -0.2) is 8.91 Å². The van der Waals surface area contributed by atoms with Crippen molar-refractivity contribution in [2.75, 3.05) is 5.73 Å². The molecule has 0 saturated heterocycles. The van der Waals surface area contributed by atoms with Crippen LogP contribution in [0.15, 0.2) is 79.3 Å². The third-order valence-electron chi connectivity index (χ3n) is 5.25. The topological polar surface area (TPSA) is 74.0 Å². The molecule has 5 aromatic rings. The Morgan fingerprint density at radius 2 is 1.73 bits per heavy atom. The van der Waals surface area contributed by atoms with Gasteiger partial charge in [-0.05, 0) is 30.2 Å². The van der Waals surface area contributed by atoms with Gasteiger partial charge >= 0.3 is 0 Å². The van der Waals surface area contributed by atoms with Crippen LogP contribution in [0.5, 0.6) is 0 Å². The lowest BCUT2D eigenvalue weighted by Gasteiger charge is -2.12. The number of anilines is 1. The number of hydrogen-bond acceptors (Lipinski definition) is 4. The molecule has 0 amide bonds. The zero-order chi connectivity index (χ0) is 20.7. The minimum atomic E-state index is -0.304. The predicted octanol–water partition coefficient (Wildman–Crippen LogP) is 4.59. The van der Waals surface area contributed by atoms with Crippen LogP contribution >= 0.6 is 0 Å². The highest BCUT2D eigenvalue weighted by Crippen LogP contribution is 2.32. The Kier molecular flexibility index (Phi) is 4.28. The van der Waals surface area contributed by atoms with Crippen molar-refractivity contribution in [1.29, 1.82) is 0 Å². The monoisotopic (exact) mass is 398 g/mol. The first-order valence-corrected chi connectivity index (χ1v) is 9.60. The van der Waals surface area contributed by atoms with Crippen molar-refractivity contribution in [1.82, 2.24) is 24.4 Å². The van der Waals surface area contributed by atoms with E-state index in [0.29, 0.717) is 22.3 Å². The van der Waals surface area contributed by atoms with Gasteiger partial charge in [0.05, 0.1) is 12.2 Å². The molecule has 0 aliphatic carbocycles. The lowest BCUT2D eigenvalue weighted by molar-refractivity contribution is 0.564. The van der Waals surface area contributed by atoms with E-state index in [9.17, 15) is 0 Å². The Bertz CT molecular complexity index is 1340. The number of pyridine rings is 1. The fourth-order valence-corrected chi connectivity index (χ4v) is 3.62. The number of rotatable bonds is 4. The molecule has 0 bridgehead atoms. The fraction of sp³-hybridized carbons (Fsp3) is 0.0870. The molecule has 3 heterocycles. The zero-order valence-corrected chi connectivity index (χ0v) is 16.3. The maximum absolute atomic E-state index is 15.5. The minimum absolute atomic E-state index is 0.0481. The molecule has 0 fully saturated rings. The van der Waals surface area contributed by atoms with Crippen molar-refractivity contribution < 1.29 is 4.39 Å². The van der Waals surface area contributed by atoms with Gasteiger partial charge in [-0.15, -0.1) is 5.10 Å². The molecule has 0 spiro atoms. The number of benzene rings is 2. The van der Waals surface area contributed by atoms with E-state index in [2.05, 4.69) is 34.2 Å². The average molecular weight is 398 g/mol. The van der Waals surface area contributed by atoms with Gasteiger partial charge < -0.3 is 5.73 Å². The SMILES string of the molecule is CC(c1ccccc1)n1cc(-c2cccc(-c3ccn4nc(N)nc4c3)c2F)cn1. The van der Waals surface area contributed by atoms with Crippen LogP contribution in [0, 0.1) is 5.82 Å². The lowest BCUT2D eigenvalue weighted by Crippen LogP contribution is -2.06. The number of fused-ring (bicyclic) bond motifs is 1. The largest absolute Gasteiger partial charge is 0.366 e. The quantitative estimate of drug-likeness (QED) is 0.480. The van der Waals surface area contributed by atoms with Crippen LogP contribution in [0.25, 0.3) is 27.9 Å². The summed E-state index contributed by atoms with van der Waals surface area (Å²) < 4.78 is 18.9. The van der Waals surface area contributed by atoms with Crippen molar-refractivity contribution in [3.8, 4) is 22.3 Å². The first-order valence-electron chi connectivity index (χ1n) is 9.60. The van der Waals surface area contributed by atoms with Crippen molar-refractivity contribution in [3.05, 3.63) is 90.6 Å². The van der Waals surface area contributed by atoms with Crippen LogP contribution in [0.2, 0.25) is 0 Å². The summed E-state index contributed by atoms with van der Waals surface area (Å²) in [4.78, 5) is 4.15. The van der Waals surface area contributed by atoms with Gasteiger partial charge in [-0.1, -0.05) is 48.5 Å². The van der Waals surface area contributed by atoms with Gasteiger partial charge in [0.25, 0.3) is 0 Å². The second-order valence-corrected chi connectivity index (χ2v) is 7.15. The van der Waals surface area contributed by atoms with Crippen molar-refractivity contribution in [3.63, 3.8) is 0 Å². The summed E-state index contributed by atoms with van der Waals surface area (Å²) in [6.45, 7) is 2.07. The summed E-state index contributed by atoms with van der Waals surface area (Å²) in [6, 6.07) is 19.1. The minimum Gasteiger partial charge on any atom is -0.366 e. The maximum Gasteiger partial charge on any atom is 0.240 e. The molecule has 1 unspecified atom stereocenters. The molecule has 148 valence electrons. The smallest absolute Gasteiger partial charge is 0.240 e. The molecule has 0 radical (unpaired) electrons. The molecule has 3 aromatic heterocycles. The fourth-order valence-electron chi connectivity index (χ4n) is 3.62. The molecular formula is C23H19FN6. The highest BCUT2D eigenvalue weighted by molar-refractivity contribution is 5.75. The Labute approximate surface area is 172 Å². The third kappa shape index (κ3) is 3.10. The molecule has 2 N–H and O–H groups in total. The van der Waals surface area contributed by atoms with Crippen LogP contribution in [0.1, 0.15) is 18.5 Å². The number of hydrogen-bond donors (Lipinski definition) is 1. The second-order valence-electron chi connectivity index (χ2n) is 7.15. The van der Waals surface area contributed by atoms with E-state index in [1.165, 1.54) is 0 Å². The van der Waals surface area contributed by atoms with Crippen LogP contribution in [-0.4, -0.2) is 24.4 Å². The predicted molar refractivity (Wildman–Crippen MR) is 114 cm³/mol. The van der Waals surface area contributed by atoms with Gasteiger partial charge in [-0.2, -0.15) is 10.1 Å². The van der Waals surface area contributed by atoms with E-state index < -0.39 is 0 Å². The van der Waals surface area contributed by atoms with Crippen molar-refractivity contribution in [2.24, 2.45) is 0 Å². The van der Waals surface area contributed by atoms with Crippen molar-refractivity contribution >= 4 is 11.6 Å². The Hall–Kier alpha value is -4.00. The van der Waals surface area contributed by atoms with Crippen LogP contribution < -0.4 is 5.73 Å². The molecule has 1 atom stereocenters. The molecule has 30 heavy (non-hydrogen) atoms. The standard InChI is InChI=1S/C23H19FN6/c1-15(16-6-3-2-4-7-16)30-14-18(13-26-30)20-9-5-8-19(22(20)24)17-10-11-29-21(12-17)27-23(25)28-29/h2-15H,1H3,(H2,25,28). The van der Waals surface area contributed by atoms with Crippen LogP contribution in [-0.2, 0) is 0 Å². The molecule has 0 aliphatic rings. The average Bonchev–Trinajstić information content (AvgIpc) is 3.39. The lowest BCUT2D eigenvalue weighted by atomic mass is 10.0. The van der Waals surface area contributed by atoms with E-state index in [-0.39, 0.29) is 17.8 Å². The number of halogens is 1. The number of nitrogens with two attached hydrogens (primary N) is 1. The Balaban J connectivity index is 1.52. The Morgan fingerprint density at radius 1 is 0.967 bits per heavy atom. The van der Waals surface area contributed by atoms with E-state index in [4.69, 9.17) is 5.73 Å². The summed E-state index contributed by atoms with van der Waals surface area (Å²) in [5.41, 5.74) is 9.78. The second kappa shape index (κ2) is 7.11. The van der Waals surface area contributed by atoms with E-state index >= 15 is 4.39 Å². The van der Waals surface area contributed by atoms with E-state index in [1.807, 2.05) is 35.1 Å². The van der Waals surface area contributed by atoms with Gasteiger partial charge in [0.15, 0.2) is 5.65 Å². The van der Waals surface area contributed by atoms with Crippen LogP contribution in [0.3, 0.4) is 0 Å². The van der Waals surface area contributed by atoms with Gasteiger partial charge in [0.1, 0.15) is 5.82 Å². The van der Waals surface area contributed by atoms with Gasteiger partial charge in [0.2, 0.25) is 5.95 Å². The highest BCUT2D eigenvalue weighted by Gasteiger charge is 2.16. The molecule has 2 aromatic carbocycles. The molecular weight excluding hydrogens is 379 g/mol. The summed E-state index contributed by atoms with van der Waals surface area (Å²) in [5, 5.41) is 8.53. The summed E-state index contributed by atoms with van der Waals surface area (Å²) in [6.07, 6.45) is 5.30. The third-order valence-corrected chi connectivity index (χ3v) is 5.25. The normalized spacial score (nSPS) is 12.3. The molecule has 5 rings (SSSR count). The number of nitrogen functional groups attached to an aromatic ring is 1. The molecule has 6 nitrogen and oxygen atoms in total. The van der Waals surface area contributed by atoms with E-state index in [1.54, 1.807) is 41.2 Å². The number of aromatic nitrogens is 5. The molecule has 0 saturated carbocycles. The van der Waals surface area contributed by atoms with E-state index in [0.717, 1.165) is 11.1 Å². The summed E-state index contributed by atoms with van der Waals surface area (Å²) in [5.74, 6) is -0.123. The summed E-state index contributed by atoms with van der Waals surface area (Å²) >= 11 is 0. The van der Waals surface area contributed by atoms with Crippen molar-refractivity contribution in [2.45, 2.75) is 13.0 Å². The highest BCUT2D eigenvalue weighted by atomic mass is 19.1. The Morgan fingerprint density at radius 3 is 2.53 bits per heavy atom. The van der Waals surface area contributed by atoms with Gasteiger partial charge in [-0.3, -0.25) is 4.68 Å². The zero-order valence-electron chi connectivity index (χ0n) is 16.3. The molecule has 0 aliphatic heterocycles. The summed E-state index contributed by atoms with van der Waals surface area (Å²) in [7, 11) is 0. The first kappa shape index (κ1) is 18.1. The van der Waals surface area contributed by atoms with Crippen LogP contribution in [0.4, 0.5) is 10.3 Å². The maximum atomic E-state index is 15.5. The first-order chi connectivity index (χ1) is 14.6. The molecule has 7 heteroatoms.